The van der Waals surface area contributed by atoms with E-state index in [9.17, 15) is 16.8 Å². The normalized spacial score (nSPS) is 17.3. The van der Waals surface area contributed by atoms with E-state index in [0.29, 0.717) is 12.8 Å². The third-order valence-corrected chi connectivity index (χ3v) is 6.35. The average molecular weight is 339 g/mol. The highest BCUT2D eigenvalue weighted by Crippen LogP contribution is 2.30. The van der Waals surface area contributed by atoms with E-state index in [4.69, 9.17) is 16.7 Å². The lowest BCUT2D eigenvalue weighted by Gasteiger charge is -2.15. The predicted molar refractivity (Wildman–Crippen MR) is 77.6 cm³/mol. The first-order valence-electron chi connectivity index (χ1n) is 6.04. The Morgan fingerprint density at radius 3 is 2.30 bits per heavy atom. The van der Waals surface area contributed by atoms with Crippen molar-refractivity contribution in [2.45, 2.75) is 35.8 Å². The van der Waals surface area contributed by atoms with Gasteiger partial charge in [0.05, 0.1) is 20.9 Å². The summed E-state index contributed by atoms with van der Waals surface area (Å²) in [4.78, 5) is -0.189. The molecule has 3 N–H and O–H groups in total. The second-order valence-electron chi connectivity index (χ2n) is 4.74. The molecule has 112 valence electrons. The minimum absolute atomic E-state index is 0.0325. The van der Waals surface area contributed by atoms with Crippen LogP contribution in [-0.4, -0.2) is 22.1 Å². The Balaban J connectivity index is 2.33. The summed E-state index contributed by atoms with van der Waals surface area (Å²) in [5.74, 6) is 0. The van der Waals surface area contributed by atoms with Crippen LogP contribution in [0.25, 0.3) is 0 Å². The quantitative estimate of drug-likeness (QED) is 0.870. The topological polar surface area (TPSA) is 106 Å². The van der Waals surface area contributed by atoms with Crippen molar-refractivity contribution in [3.63, 3.8) is 0 Å². The van der Waals surface area contributed by atoms with Crippen molar-refractivity contribution in [3.8, 4) is 0 Å². The number of rotatable bonds is 4. The van der Waals surface area contributed by atoms with Gasteiger partial charge in [-0.05, 0) is 31.0 Å². The molecule has 0 spiro atoms. The highest BCUT2D eigenvalue weighted by molar-refractivity contribution is 7.93. The fraction of sp³-hybridized carbons (Fsp3) is 0.455. The van der Waals surface area contributed by atoms with Gasteiger partial charge in [-0.25, -0.2) is 22.0 Å². The second-order valence-corrected chi connectivity index (χ2v) is 8.67. The van der Waals surface area contributed by atoms with Crippen molar-refractivity contribution in [2.75, 3.05) is 4.72 Å². The second kappa shape index (κ2) is 5.51. The lowest BCUT2D eigenvalue weighted by Crippen LogP contribution is -2.25. The van der Waals surface area contributed by atoms with Crippen molar-refractivity contribution in [2.24, 2.45) is 5.14 Å². The molecule has 1 fully saturated rings. The van der Waals surface area contributed by atoms with Crippen LogP contribution in [0.2, 0.25) is 5.02 Å². The van der Waals surface area contributed by atoms with Gasteiger partial charge >= 0.3 is 0 Å². The highest BCUT2D eigenvalue weighted by atomic mass is 35.5. The van der Waals surface area contributed by atoms with Gasteiger partial charge in [0, 0.05) is 0 Å². The van der Waals surface area contributed by atoms with E-state index < -0.39 is 25.3 Å². The Morgan fingerprint density at radius 2 is 1.75 bits per heavy atom. The maximum Gasteiger partial charge on any atom is 0.238 e. The Morgan fingerprint density at radius 1 is 1.15 bits per heavy atom. The van der Waals surface area contributed by atoms with Crippen LogP contribution in [0.5, 0.6) is 0 Å². The molecule has 1 saturated carbocycles. The fourth-order valence-corrected chi connectivity index (χ4v) is 4.55. The molecule has 0 atom stereocenters. The number of anilines is 1. The van der Waals surface area contributed by atoms with Crippen LogP contribution < -0.4 is 9.86 Å². The van der Waals surface area contributed by atoms with Crippen LogP contribution in [-0.2, 0) is 20.0 Å². The van der Waals surface area contributed by atoms with E-state index in [1.54, 1.807) is 0 Å². The van der Waals surface area contributed by atoms with Gasteiger partial charge in [-0.3, -0.25) is 4.72 Å². The van der Waals surface area contributed by atoms with E-state index >= 15 is 0 Å². The molecule has 1 aromatic rings. The van der Waals surface area contributed by atoms with Crippen molar-refractivity contribution in [1.29, 1.82) is 0 Å². The van der Waals surface area contributed by atoms with Crippen molar-refractivity contribution in [3.05, 3.63) is 23.2 Å². The van der Waals surface area contributed by atoms with E-state index in [2.05, 4.69) is 4.72 Å². The SMILES string of the molecule is NS(=O)(=O)c1ccc(Cl)c(NS(=O)(=O)C2CCCC2)c1. The summed E-state index contributed by atoms with van der Waals surface area (Å²) in [6, 6.07) is 3.66. The minimum atomic E-state index is -3.91. The Bertz CT molecular complexity index is 710. The summed E-state index contributed by atoms with van der Waals surface area (Å²) < 4.78 is 49.2. The first-order valence-corrected chi connectivity index (χ1v) is 9.51. The number of primary sulfonamides is 1. The van der Waals surface area contributed by atoms with Crippen molar-refractivity contribution in [1.82, 2.24) is 0 Å². The van der Waals surface area contributed by atoms with Gasteiger partial charge in [-0.15, -0.1) is 0 Å². The maximum atomic E-state index is 12.2. The zero-order valence-corrected chi connectivity index (χ0v) is 12.9. The zero-order chi connectivity index (χ0) is 15.0. The molecule has 0 aromatic heterocycles. The van der Waals surface area contributed by atoms with Crippen LogP contribution in [0.1, 0.15) is 25.7 Å². The molecule has 0 aliphatic heterocycles. The molecule has 0 amide bonds. The standard InChI is InChI=1S/C11H15ClN2O4S2/c12-10-6-5-9(19(13,15)16)7-11(10)14-20(17,18)8-3-1-2-4-8/h5-8,14H,1-4H2,(H2,13,15,16). The van der Waals surface area contributed by atoms with Crippen LogP contribution in [0.4, 0.5) is 5.69 Å². The molecule has 0 heterocycles. The van der Waals surface area contributed by atoms with Gasteiger partial charge in [-0.1, -0.05) is 24.4 Å². The Hall–Kier alpha value is -0.830. The van der Waals surface area contributed by atoms with Crippen molar-refractivity contribution < 1.29 is 16.8 Å². The van der Waals surface area contributed by atoms with E-state index in [1.807, 2.05) is 0 Å². The minimum Gasteiger partial charge on any atom is -0.282 e. The van der Waals surface area contributed by atoms with E-state index in [1.165, 1.54) is 12.1 Å². The fourth-order valence-electron chi connectivity index (χ4n) is 2.19. The Labute approximate surface area is 123 Å². The summed E-state index contributed by atoms with van der Waals surface area (Å²) in [7, 11) is -7.48. The highest BCUT2D eigenvalue weighted by Gasteiger charge is 2.29. The van der Waals surface area contributed by atoms with Gasteiger partial charge < -0.3 is 0 Å². The summed E-state index contributed by atoms with van der Waals surface area (Å²) in [5, 5.41) is 4.68. The van der Waals surface area contributed by atoms with E-state index in [0.717, 1.165) is 18.9 Å². The average Bonchev–Trinajstić information content (AvgIpc) is 2.84. The molecule has 1 aromatic carbocycles. The smallest absolute Gasteiger partial charge is 0.238 e. The first-order chi connectivity index (χ1) is 9.20. The number of halogens is 1. The molecule has 0 unspecified atom stereocenters. The molecule has 1 aliphatic rings. The van der Waals surface area contributed by atoms with Gasteiger partial charge in [0.25, 0.3) is 0 Å². The van der Waals surface area contributed by atoms with E-state index in [-0.39, 0.29) is 15.6 Å². The molecule has 0 radical (unpaired) electrons. The summed E-state index contributed by atoms with van der Waals surface area (Å²) in [6.45, 7) is 0. The third-order valence-electron chi connectivity index (χ3n) is 3.26. The largest absolute Gasteiger partial charge is 0.282 e. The van der Waals surface area contributed by atoms with Crippen LogP contribution in [0, 0.1) is 0 Å². The van der Waals surface area contributed by atoms with Gasteiger partial charge in [0.2, 0.25) is 20.0 Å². The third kappa shape index (κ3) is 3.43. The monoisotopic (exact) mass is 338 g/mol. The van der Waals surface area contributed by atoms with Crippen LogP contribution >= 0.6 is 11.6 Å². The summed E-state index contributed by atoms with van der Waals surface area (Å²) in [6.07, 6.45) is 2.94. The van der Waals surface area contributed by atoms with Crippen molar-refractivity contribution >= 4 is 37.3 Å². The predicted octanol–water partition coefficient (Wildman–Crippen LogP) is 1.67. The molecule has 0 bridgehead atoms. The number of benzene rings is 1. The number of hydrogen-bond donors (Lipinski definition) is 2. The van der Waals surface area contributed by atoms with Gasteiger partial charge in [0.1, 0.15) is 0 Å². The molecule has 2 rings (SSSR count). The number of nitrogens with two attached hydrogens (primary N) is 1. The Kier molecular flexibility index (Phi) is 4.29. The molecular weight excluding hydrogens is 324 g/mol. The molecule has 1 aliphatic carbocycles. The summed E-state index contributed by atoms with van der Waals surface area (Å²) >= 11 is 5.90. The number of hydrogen-bond acceptors (Lipinski definition) is 4. The lowest BCUT2D eigenvalue weighted by molar-refractivity contribution is 0.584. The lowest BCUT2D eigenvalue weighted by atomic mass is 10.3. The van der Waals surface area contributed by atoms with Gasteiger partial charge in [-0.2, -0.15) is 0 Å². The summed E-state index contributed by atoms with van der Waals surface area (Å²) in [5.41, 5.74) is 0.0325. The molecule has 9 heteroatoms. The van der Waals surface area contributed by atoms with Crippen LogP contribution in [0.3, 0.4) is 0 Å². The zero-order valence-electron chi connectivity index (χ0n) is 10.5. The number of sulfonamides is 2. The molecule has 0 saturated heterocycles. The first kappa shape index (κ1) is 15.6. The molecule has 20 heavy (non-hydrogen) atoms. The number of nitrogens with one attached hydrogen (secondary N) is 1. The molecular formula is C11H15ClN2O4S2. The van der Waals surface area contributed by atoms with Crippen LogP contribution in [0.15, 0.2) is 23.1 Å². The molecule has 6 nitrogen and oxygen atoms in total. The maximum absolute atomic E-state index is 12.2. The van der Waals surface area contributed by atoms with Gasteiger partial charge in [0.15, 0.2) is 0 Å².